The van der Waals surface area contributed by atoms with Gasteiger partial charge in [-0.25, -0.2) is 0 Å². The van der Waals surface area contributed by atoms with Crippen LogP contribution in [0.5, 0.6) is 0 Å². The Labute approximate surface area is 128 Å². The van der Waals surface area contributed by atoms with Gasteiger partial charge in [0.2, 0.25) is 17.7 Å². The number of thioether (sulfide) groups is 1. The van der Waals surface area contributed by atoms with Gasteiger partial charge in [0.05, 0.1) is 12.3 Å². The van der Waals surface area contributed by atoms with Gasteiger partial charge in [-0.2, -0.15) is 0 Å². The molecule has 7 nitrogen and oxygen atoms in total. The molecule has 3 aromatic rings. The van der Waals surface area contributed by atoms with Crippen LogP contribution >= 0.6 is 23.4 Å². The van der Waals surface area contributed by atoms with Gasteiger partial charge in [0.1, 0.15) is 0 Å². The zero-order valence-electron chi connectivity index (χ0n) is 10.7. The molecule has 1 aromatic carbocycles. The predicted molar refractivity (Wildman–Crippen MR) is 76.5 cm³/mol. The molecule has 0 spiro atoms. The fraction of sp³-hybridized carbons (Fsp3) is 0.167. The third-order valence-electron chi connectivity index (χ3n) is 2.50. The molecule has 0 saturated carbocycles. The molecule has 21 heavy (non-hydrogen) atoms. The van der Waals surface area contributed by atoms with Crippen molar-refractivity contribution in [3.8, 4) is 11.5 Å². The summed E-state index contributed by atoms with van der Waals surface area (Å²) in [4.78, 5) is 0. The molecule has 9 heteroatoms. The van der Waals surface area contributed by atoms with Gasteiger partial charge in [-0.15, -0.1) is 20.4 Å². The molecule has 108 valence electrons. The Kier molecular flexibility index (Phi) is 4.18. The van der Waals surface area contributed by atoms with E-state index in [2.05, 4.69) is 20.4 Å². The van der Waals surface area contributed by atoms with E-state index in [-0.39, 0.29) is 6.54 Å². The van der Waals surface area contributed by atoms with Crippen molar-refractivity contribution in [2.75, 3.05) is 0 Å². The lowest BCUT2D eigenvalue weighted by molar-refractivity contribution is 0.414. The van der Waals surface area contributed by atoms with E-state index in [0.717, 1.165) is 5.56 Å². The number of rotatable bonds is 5. The molecule has 0 unspecified atom stereocenters. The smallest absolute Gasteiger partial charge is 0.277 e. The van der Waals surface area contributed by atoms with Gasteiger partial charge in [-0.1, -0.05) is 23.4 Å². The minimum Gasteiger partial charge on any atom is -0.420 e. The second-order valence-electron chi connectivity index (χ2n) is 3.96. The Bertz CT molecular complexity index is 727. The SMILES string of the molecule is NCc1nnc(SCc2nnc(-c3ccc(Cl)cc3)o2)o1. The predicted octanol–water partition coefficient (Wildman–Crippen LogP) is 2.52. The first-order chi connectivity index (χ1) is 10.2. The average Bonchev–Trinajstić information content (AvgIpc) is 3.15. The van der Waals surface area contributed by atoms with Gasteiger partial charge >= 0.3 is 0 Å². The number of benzene rings is 1. The molecular weight excluding hydrogens is 314 g/mol. The highest BCUT2D eigenvalue weighted by Gasteiger charge is 2.11. The lowest BCUT2D eigenvalue weighted by Gasteiger charge is -1.94. The van der Waals surface area contributed by atoms with E-state index in [1.54, 1.807) is 12.1 Å². The largest absolute Gasteiger partial charge is 0.420 e. The Morgan fingerprint density at radius 3 is 2.48 bits per heavy atom. The maximum atomic E-state index is 5.83. The highest BCUT2D eigenvalue weighted by Crippen LogP contribution is 2.24. The van der Waals surface area contributed by atoms with Crippen LogP contribution in [0.15, 0.2) is 38.3 Å². The number of nitrogens with zero attached hydrogens (tertiary/aromatic N) is 4. The van der Waals surface area contributed by atoms with Crippen molar-refractivity contribution in [2.45, 2.75) is 17.5 Å². The molecule has 0 aliphatic carbocycles. The van der Waals surface area contributed by atoms with Crippen molar-refractivity contribution in [1.82, 2.24) is 20.4 Å². The van der Waals surface area contributed by atoms with Crippen molar-refractivity contribution in [1.29, 1.82) is 0 Å². The summed E-state index contributed by atoms with van der Waals surface area (Å²) < 4.78 is 10.8. The molecule has 0 aliphatic rings. The van der Waals surface area contributed by atoms with E-state index in [4.69, 9.17) is 26.2 Å². The summed E-state index contributed by atoms with van der Waals surface area (Å²) in [5.74, 6) is 1.74. The lowest BCUT2D eigenvalue weighted by Crippen LogP contribution is -1.95. The zero-order valence-corrected chi connectivity index (χ0v) is 12.3. The number of hydrogen-bond donors (Lipinski definition) is 1. The first kappa shape index (κ1) is 14.1. The highest BCUT2D eigenvalue weighted by atomic mass is 35.5. The molecular formula is C12H10ClN5O2S. The fourth-order valence-corrected chi connectivity index (χ4v) is 2.27. The molecule has 0 saturated heterocycles. The van der Waals surface area contributed by atoms with Gasteiger partial charge in [0.25, 0.3) is 5.22 Å². The lowest BCUT2D eigenvalue weighted by atomic mass is 10.2. The molecule has 0 fully saturated rings. The molecule has 0 radical (unpaired) electrons. The van der Waals surface area contributed by atoms with Crippen molar-refractivity contribution in [2.24, 2.45) is 5.73 Å². The average molecular weight is 324 g/mol. The van der Waals surface area contributed by atoms with Gasteiger partial charge in [-0.3, -0.25) is 0 Å². The Hall–Kier alpha value is -1.90. The Morgan fingerprint density at radius 1 is 1.00 bits per heavy atom. The third kappa shape index (κ3) is 3.41. The summed E-state index contributed by atoms with van der Waals surface area (Å²) in [6.07, 6.45) is 0. The summed E-state index contributed by atoms with van der Waals surface area (Å²) in [7, 11) is 0. The quantitative estimate of drug-likeness (QED) is 0.714. The van der Waals surface area contributed by atoms with Crippen molar-refractivity contribution in [3.05, 3.63) is 41.1 Å². The van der Waals surface area contributed by atoms with E-state index in [9.17, 15) is 0 Å². The van der Waals surface area contributed by atoms with Crippen LogP contribution in [0.25, 0.3) is 11.5 Å². The monoisotopic (exact) mass is 323 g/mol. The molecule has 0 atom stereocenters. The van der Waals surface area contributed by atoms with Crippen LogP contribution in [0.1, 0.15) is 11.8 Å². The fourth-order valence-electron chi connectivity index (χ4n) is 1.52. The molecule has 0 bridgehead atoms. The van der Waals surface area contributed by atoms with Crippen molar-refractivity contribution >= 4 is 23.4 Å². The summed E-state index contributed by atoms with van der Waals surface area (Å²) >= 11 is 7.14. The third-order valence-corrected chi connectivity index (χ3v) is 3.56. The standard InChI is InChI=1S/C12H10ClN5O2S/c13-8-3-1-7(2-4-8)11-17-16-10(19-11)6-21-12-18-15-9(5-14)20-12/h1-4H,5-6,14H2. The van der Waals surface area contributed by atoms with E-state index in [1.807, 2.05) is 12.1 Å². The van der Waals surface area contributed by atoms with Crippen LogP contribution in [0.4, 0.5) is 0 Å². The summed E-state index contributed by atoms with van der Waals surface area (Å²) in [6.45, 7) is 0.217. The van der Waals surface area contributed by atoms with Gasteiger partial charge in [0, 0.05) is 10.6 Å². The molecule has 3 rings (SSSR count). The van der Waals surface area contributed by atoms with Crippen LogP contribution in [0.3, 0.4) is 0 Å². The molecule has 2 N–H and O–H groups in total. The second-order valence-corrected chi connectivity index (χ2v) is 5.33. The van der Waals surface area contributed by atoms with Crippen LogP contribution in [-0.2, 0) is 12.3 Å². The molecule has 0 amide bonds. The maximum Gasteiger partial charge on any atom is 0.277 e. The van der Waals surface area contributed by atoms with E-state index in [0.29, 0.717) is 33.7 Å². The normalized spacial score (nSPS) is 11.0. The van der Waals surface area contributed by atoms with Crippen molar-refractivity contribution < 1.29 is 8.83 Å². The molecule has 2 aromatic heterocycles. The first-order valence-corrected chi connectivity index (χ1v) is 7.34. The van der Waals surface area contributed by atoms with E-state index < -0.39 is 0 Å². The van der Waals surface area contributed by atoms with Gasteiger partial charge in [0.15, 0.2) is 0 Å². The second kappa shape index (κ2) is 6.25. The van der Waals surface area contributed by atoms with E-state index >= 15 is 0 Å². The Morgan fingerprint density at radius 2 is 1.76 bits per heavy atom. The minimum absolute atomic E-state index is 0.217. The molecule has 0 aliphatic heterocycles. The van der Waals surface area contributed by atoms with E-state index in [1.165, 1.54) is 11.8 Å². The number of halogens is 1. The van der Waals surface area contributed by atoms with Gasteiger partial charge < -0.3 is 14.6 Å². The maximum absolute atomic E-state index is 5.83. The van der Waals surface area contributed by atoms with Crippen LogP contribution in [0, 0.1) is 0 Å². The number of hydrogen-bond acceptors (Lipinski definition) is 8. The highest BCUT2D eigenvalue weighted by molar-refractivity contribution is 7.98. The summed E-state index contributed by atoms with van der Waals surface area (Å²) in [6, 6.07) is 7.17. The summed E-state index contributed by atoms with van der Waals surface area (Å²) in [5, 5.41) is 16.6. The Balaban J connectivity index is 1.66. The minimum atomic E-state index is 0.217. The zero-order chi connectivity index (χ0) is 14.7. The van der Waals surface area contributed by atoms with Crippen molar-refractivity contribution in [3.63, 3.8) is 0 Å². The van der Waals surface area contributed by atoms with Crippen LogP contribution in [-0.4, -0.2) is 20.4 Å². The number of nitrogens with two attached hydrogens (primary N) is 1. The first-order valence-electron chi connectivity index (χ1n) is 5.98. The molecule has 2 heterocycles. The van der Waals surface area contributed by atoms with Crippen LogP contribution in [0.2, 0.25) is 5.02 Å². The van der Waals surface area contributed by atoms with Gasteiger partial charge in [-0.05, 0) is 24.3 Å². The number of aromatic nitrogens is 4. The summed E-state index contributed by atoms with van der Waals surface area (Å²) in [5.41, 5.74) is 6.20. The topological polar surface area (TPSA) is 104 Å². The van der Waals surface area contributed by atoms with Crippen LogP contribution < -0.4 is 5.73 Å².